The fraction of sp³-hybridized carbons (Fsp3) is 0.333. The highest BCUT2D eigenvalue weighted by atomic mass is 19.1. The molecule has 4 nitrogen and oxygen atoms in total. The summed E-state index contributed by atoms with van der Waals surface area (Å²) < 4.78 is 12.7. The number of carboxylic acid groups (broad SMARTS) is 1. The highest BCUT2D eigenvalue weighted by molar-refractivity contribution is 5.84. The molecule has 0 aliphatic rings. The average molecular weight is 239 g/mol. The van der Waals surface area contributed by atoms with E-state index in [1.54, 1.807) is 0 Å². The molecule has 0 heterocycles. The van der Waals surface area contributed by atoms with Gasteiger partial charge in [-0.25, -0.2) is 9.18 Å². The standard InChI is InChI=1S/C12H14FNO3/c1-2-3-10(15)14-11(12(16)17)8-4-6-9(13)7-5-8/h4-7,11H,2-3H2,1H3,(H,14,15)(H,16,17). The number of hydrogen-bond donors (Lipinski definition) is 2. The molecule has 92 valence electrons. The van der Waals surface area contributed by atoms with Crippen molar-refractivity contribution in [3.05, 3.63) is 35.6 Å². The minimum absolute atomic E-state index is 0.269. The number of benzene rings is 1. The Balaban J connectivity index is 2.82. The predicted octanol–water partition coefficient (Wildman–Crippen LogP) is 1.87. The lowest BCUT2D eigenvalue weighted by atomic mass is 10.1. The summed E-state index contributed by atoms with van der Waals surface area (Å²) in [5.74, 6) is -1.94. The van der Waals surface area contributed by atoms with Crippen molar-refractivity contribution in [2.45, 2.75) is 25.8 Å². The zero-order valence-corrected chi connectivity index (χ0v) is 9.44. The first kappa shape index (κ1) is 13.2. The van der Waals surface area contributed by atoms with Crippen molar-refractivity contribution in [2.24, 2.45) is 0 Å². The molecule has 0 radical (unpaired) electrons. The average Bonchev–Trinajstić information content (AvgIpc) is 2.27. The maximum absolute atomic E-state index is 12.7. The van der Waals surface area contributed by atoms with Gasteiger partial charge in [-0.1, -0.05) is 19.1 Å². The number of amides is 1. The fourth-order valence-electron chi connectivity index (χ4n) is 1.40. The van der Waals surface area contributed by atoms with Crippen LogP contribution in [0.5, 0.6) is 0 Å². The summed E-state index contributed by atoms with van der Waals surface area (Å²) in [5, 5.41) is 11.4. The van der Waals surface area contributed by atoms with Gasteiger partial charge in [0.25, 0.3) is 0 Å². The molecular formula is C12H14FNO3. The molecule has 0 saturated carbocycles. The molecule has 0 saturated heterocycles. The molecule has 2 N–H and O–H groups in total. The van der Waals surface area contributed by atoms with Crippen molar-refractivity contribution in [3.63, 3.8) is 0 Å². The molecule has 1 aromatic carbocycles. The lowest BCUT2D eigenvalue weighted by molar-refractivity contribution is -0.142. The largest absolute Gasteiger partial charge is 0.479 e. The quantitative estimate of drug-likeness (QED) is 0.824. The molecule has 1 atom stereocenters. The molecule has 17 heavy (non-hydrogen) atoms. The monoisotopic (exact) mass is 239 g/mol. The normalized spacial score (nSPS) is 11.9. The van der Waals surface area contributed by atoms with E-state index in [0.29, 0.717) is 12.0 Å². The van der Waals surface area contributed by atoms with Gasteiger partial charge in [-0.15, -0.1) is 0 Å². The van der Waals surface area contributed by atoms with Crippen LogP contribution in [0.15, 0.2) is 24.3 Å². The summed E-state index contributed by atoms with van der Waals surface area (Å²) in [6.45, 7) is 1.83. The van der Waals surface area contributed by atoms with Crippen LogP contribution >= 0.6 is 0 Å². The minimum Gasteiger partial charge on any atom is -0.479 e. The second-order valence-electron chi connectivity index (χ2n) is 3.64. The van der Waals surface area contributed by atoms with Gasteiger partial charge in [-0.05, 0) is 24.1 Å². The van der Waals surface area contributed by atoms with Gasteiger partial charge < -0.3 is 10.4 Å². The van der Waals surface area contributed by atoms with E-state index in [2.05, 4.69) is 5.32 Å². The summed E-state index contributed by atoms with van der Waals surface area (Å²) in [6, 6.07) is 3.89. The maximum Gasteiger partial charge on any atom is 0.330 e. The van der Waals surface area contributed by atoms with E-state index in [1.807, 2.05) is 6.92 Å². The first-order valence-corrected chi connectivity index (χ1v) is 5.32. The van der Waals surface area contributed by atoms with Gasteiger partial charge in [0.05, 0.1) is 0 Å². The van der Waals surface area contributed by atoms with Gasteiger partial charge in [0.2, 0.25) is 5.91 Å². The molecule has 1 amide bonds. The van der Waals surface area contributed by atoms with E-state index in [-0.39, 0.29) is 12.3 Å². The summed E-state index contributed by atoms with van der Waals surface area (Å²) in [6.07, 6.45) is 0.909. The highest BCUT2D eigenvalue weighted by Gasteiger charge is 2.21. The molecule has 5 heteroatoms. The van der Waals surface area contributed by atoms with Crippen LogP contribution in [0.4, 0.5) is 4.39 Å². The maximum atomic E-state index is 12.7. The lowest BCUT2D eigenvalue weighted by Crippen LogP contribution is -2.33. The van der Waals surface area contributed by atoms with Crippen LogP contribution in [0.1, 0.15) is 31.4 Å². The first-order chi connectivity index (χ1) is 8.04. The fourth-order valence-corrected chi connectivity index (χ4v) is 1.40. The van der Waals surface area contributed by atoms with Crippen molar-refractivity contribution in [1.29, 1.82) is 0 Å². The van der Waals surface area contributed by atoms with Crippen LogP contribution in [-0.4, -0.2) is 17.0 Å². The molecule has 0 spiro atoms. The summed E-state index contributed by atoms with van der Waals surface area (Å²) in [5.41, 5.74) is 0.350. The number of halogens is 1. The molecule has 1 rings (SSSR count). The van der Waals surface area contributed by atoms with E-state index in [0.717, 1.165) is 12.1 Å². The van der Waals surface area contributed by atoms with Gasteiger partial charge in [0.1, 0.15) is 5.82 Å². The Morgan fingerprint density at radius 1 is 1.35 bits per heavy atom. The third kappa shape index (κ3) is 3.86. The predicted molar refractivity (Wildman–Crippen MR) is 59.8 cm³/mol. The number of aliphatic carboxylic acids is 1. The van der Waals surface area contributed by atoms with Crippen molar-refractivity contribution in [3.8, 4) is 0 Å². The first-order valence-electron chi connectivity index (χ1n) is 5.32. The molecule has 0 fully saturated rings. The second kappa shape index (κ2) is 5.98. The zero-order chi connectivity index (χ0) is 12.8. The third-order valence-corrected chi connectivity index (χ3v) is 2.23. The van der Waals surface area contributed by atoms with E-state index >= 15 is 0 Å². The molecule has 0 bridgehead atoms. The van der Waals surface area contributed by atoms with E-state index < -0.39 is 17.8 Å². The molecular weight excluding hydrogens is 225 g/mol. The molecule has 0 aliphatic heterocycles. The van der Waals surface area contributed by atoms with E-state index in [9.17, 15) is 14.0 Å². The van der Waals surface area contributed by atoms with Crippen molar-refractivity contribution in [2.75, 3.05) is 0 Å². The Kier molecular flexibility index (Phi) is 4.63. The number of carboxylic acids is 1. The number of rotatable bonds is 5. The van der Waals surface area contributed by atoms with Crippen LogP contribution in [0.2, 0.25) is 0 Å². The van der Waals surface area contributed by atoms with Crippen LogP contribution in [-0.2, 0) is 9.59 Å². The van der Waals surface area contributed by atoms with Gasteiger partial charge >= 0.3 is 5.97 Å². The SMILES string of the molecule is CCCC(=O)NC(C(=O)O)c1ccc(F)cc1. The van der Waals surface area contributed by atoms with E-state index in [1.165, 1.54) is 12.1 Å². The molecule has 0 aliphatic carbocycles. The molecule has 1 unspecified atom stereocenters. The highest BCUT2D eigenvalue weighted by Crippen LogP contribution is 2.14. The Labute approximate surface area is 98.5 Å². The van der Waals surface area contributed by atoms with Crippen LogP contribution in [0.3, 0.4) is 0 Å². The van der Waals surface area contributed by atoms with Crippen LogP contribution < -0.4 is 5.32 Å². The smallest absolute Gasteiger partial charge is 0.330 e. The summed E-state index contributed by atoms with van der Waals surface area (Å²) in [7, 11) is 0. The summed E-state index contributed by atoms with van der Waals surface area (Å²) in [4.78, 5) is 22.4. The Morgan fingerprint density at radius 2 is 1.94 bits per heavy atom. The van der Waals surface area contributed by atoms with Gasteiger partial charge in [0, 0.05) is 6.42 Å². The van der Waals surface area contributed by atoms with Crippen LogP contribution in [0.25, 0.3) is 0 Å². The number of hydrogen-bond acceptors (Lipinski definition) is 2. The van der Waals surface area contributed by atoms with Crippen molar-refractivity contribution in [1.82, 2.24) is 5.32 Å². The topological polar surface area (TPSA) is 66.4 Å². The Bertz CT molecular complexity index is 403. The van der Waals surface area contributed by atoms with Gasteiger partial charge in [-0.3, -0.25) is 4.79 Å². The minimum atomic E-state index is -1.17. The summed E-state index contributed by atoms with van der Waals surface area (Å²) >= 11 is 0. The molecule has 0 aromatic heterocycles. The molecule has 1 aromatic rings. The zero-order valence-electron chi connectivity index (χ0n) is 9.44. The van der Waals surface area contributed by atoms with Gasteiger partial charge in [0.15, 0.2) is 6.04 Å². The third-order valence-electron chi connectivity index (χ3n) is 2.23. The Morgan fingerprint density at radius 3 is 2.41 bits per heavy atom. The number of carbonyl (C=O) groups excluding carboxylic acids is 1. The second-order valence-corrected chi connectivity index (χ2v) is 3.64. The van der Waals surface area contributed by atoms with Crippen molar-refractivity contribution < 1.29 is 19.1 Å². The van der Waals surface area contributed by atoms with E-state index in [4.69, 9.17) is 5.11 Å². The Hall–Kier alpha value is -1.91. The van der Waals surface area contributed by atoms with Crippen LogP contribution in [0, 0.1) is 5.82 Å². The van der Waals surface area contributed by atoms with Gasteiger partial charge in [-0.2, -0.15) is 0 Å². The number of carbonyl (C=O) groups is 2. The number of nitrogens with one attached hydrogen (secondary N) is 1. The van der Waals surface area contributed by atoms with Crippen molar-refractivity contribution >= 4 is 11.9 Å². The lowest BCUT2D eigenvalue weighted by Gasteiger charge is -2.14.